The van der Waals surface area contributed by atoms with E-state index >= 15 is 0 Å². The highest BCUT2D eigenvalue weighted by Gasteiger charge is 2.23. The highest BCUT2D eigenvalue weighted by molar-refractivity contribution is 7.91. The van der Waals surface area contributed by atoms with Crippen LogP contribution in [0.15, 0.2) is 16.3 Å². The van der Waals surface area contributed by atoms with Gasteiger partial charge in [-0.05, 0) is 32.0 Å². The minimum atomic E-state index is -3.29. The summed E-state index contributed by atoms with van der Waals surface area (Å²) in [5.74, 6) is 0. The molecule has 0 bridgehead atoms. The van der Waals surface area contributed by atoms with Crippen LogP contribution in [0.5, 0.6) is 0 Å². The SMILES string of the molecule is Cc1ccc(S(=O)(=O)NC2CCNC2)s1.Cl. The van der Waals surface area contributed by atoms with Gasteiger partial charge in [0.25, 0.3) is 0 Å². The Labute approximate surface area is 106 Å². The van der Waals surface area contributed by atoms with Gasteiger partial charge in [0.05, 0.1) is 0 Å². The first-order valence-corrected chi connectivity index (χ1v) is 7.17. The molecule has 1 aliphatic rings. The van der Waals surface area contributed by atoms with Crippen molar-refractivity contribution < 1.29 is 8.42 Å². The van der Waals surface area contributed by atoms with Gasteiger partial charge >= 0.3 is 0 Å². The van der Waals surface area contributed by atoms with Gasteiger partial charge in [-0.3, -0.25) is 0 Å². The van der Waals surface area contributed by atoms with Crippen LogP contribution in [-0.4, -0.2) is 27.5 Å². The molecule has 1 aromatic rings. The number of halogens is 1. The largest absolute Gasteiger partial charge is 0.315 e. The molecule has 1 unspecified atom stereocenters. The summed E-state index contributed by atoms with van der Waals surface area (Å²) < 4.78 is 26.9. The normalized spacial score (nSPS) is 20.7. The van der Waals surface area contributed by atoms with Crippen LogP contribution in [0.2, 0.25) is 0 Å². The number of nitrogens with one attached hydrogen (secondary N) is 2. The molecule has 4 nitrogen and oxygen atoms in total. The van der Waals surface area contributed by atoms with Crippen LogP contribution >= 0.6 is 23.7 Å². The van der Waals surface area contributed by atoms with Crippen LogP contribution in [0.4, 0.5) is 0 Å². The molecule has 92 valence electrons. The molecule has 0 aromatic carbocycles. The summed E-state index contributed by atoms with van der Waals surface area (Å²) in [6, 6.07) is 3.52. The summed E-state index contributed by atoms with van der Waals surface area (Å²) in [5, 5.41) is 3.13. The molecule has 1 atom stereocenters. The summed E-state index contributed by atoms with van der Waals surface area (Å²) >= 11 is 1.31. The third kappa shape index (κ3) is 3.18. The van der Waals surface area contributed by atoms with E-state index in [1.54, 1.807) is 6.07 Å². The summed E-state index contributed by atoms with van der Waals surface area (Å²) in [6.07, 6.45) is 0.865. The maximum absolute atomic E-state index is 11.9. The molecule has 0 aliphatic carbocycles. The van der Waals surface area contributed by atoms with Crippen LogP contribution in [0.25, 0.3) is 0 Å². The molecular weight excluding hydrogens is 268 g/mol. The second-order valence-electron chi connectivity index (χ2n) is 3.68. The van der Waals surface area contributed by atoms with Crippen LogP contribution in [0.3, 0.4) is 0 Å². The Hall–Kier alpha value is -0.140. The molecule has 1 aliphatic heterocycles. The summed E-state index contributed by atoms with van der Waals surface area (Å²) in [5.41, 5.74) is 0. The molecule has 0 amide bonds. The summed E-state index contributed by atoms with van der Waals surface area (Å²) in [6.45, 7) is 3.51. The third-order valence-electron chi connectivity index (χ3n) is 2.36. The average Bonchev–Trinajstić information content (AvgIpc) is 2.75. The van der Waals surface area contributed by atoms with Gasteiger partial charge in [0.1, 0.15) is 4.21 Å². The monoisotopic (exact) mass is 282 g/mol. The Morgan fingerprint density at radius 3 is 2.75 bits per heavy atom. The van der Waals surface area contributed by atoms with E-state index in [9.17, 15) is 8.42 Å². The number of hydrogen-bond acceptors (Lipinski definition) is 4. The Morgan fingerprint density at radius 2 is 2.25 bits per heavy atom. The Morgan fingerprint density at radius 1 is 1.50 bits per heavy atom. The van der Waals surface area contributed by atoms with E-state index in [0.29, 0.717) is 4.21 Å². The molecule has 2 heterocycles. The zero-order chi connectivity index (χ0) is 10.9. The van der Waals surface area contributed by atoms with Gasteiger partial charge < -0.3 is 5.32 Å². The van der Waals surface area contributed by atoms with Gasteiger partial charge in [-0.2, -0.15) is 0 Å². The lowest BCUT2D eigenvalue weighted by atomic mass is 10.3. The predicted molar refractivity (Wildman–Crippen MR) is 67.9 cm³/mol. The summed E-state index contributed by atoms with van der Waals surface area (Å²) in [4.78, 5) is 1.01. The maximum Gasteiger partial charge on any atom is 0.250 e. The van der Waals surface area contributed by atoms with Gasteiger partial charge in [0.15, 0.2) is 0 Å². The van der Waals surface area contributed by atoms with E-state index in [0.717, 1.165) is 24.4 Å². The van der Waals surface area contributed by atoms with Crippen molar-refractivity contribution in [2.75, 3.05) is 13.1 Å². The van der Waals surface area contributed by atoms with Crippen molar-refractivity contribution in [3.05, 3.63) is 17.0 Å². The Balaban J connectivity index is 0.00000128. The minimum absolute atomic E-state index is 0. The zero-order valence-corrected chi connectivity index (χ0v) is 11.3. The van der Waals surface area contributed by atoms with Gasteiger partial charge in [-0.25, -0.2) is 13.1 Å². The van der Waals surface area contributed by atoms with Crippen LogP contribution in [0.1, 0.15) is 11.3 Å². The highest BCUT2D eigenvalue weighted by Crippen LogP contribution is 2.20. The molecule has 2 rings (SSSR count). The Bertz CT molecular complexity index is 438. The van der Waals surface area contributed by atoms with Gasteiger partial charge in [0, 0.05) is 17.5 Å². The van der Waals surface area contributed by atoms with E-state index in [1.165, 1.54) is 11.3 Å². The fourth-order valence-corrected chi connectivity index (χ4v) is 4.16. The van der Waals surface area contributed by atoms with Crippen molar-refractivity contribution in [3.63, 3.8) is 0 Å². The van der Waals surface area contributed by atoms with E-state index in [1.807, 2.05) is 13.0 Å². The van der Waals surface area contributed by atoms with Gasteiger partial charge in [-0.15, -0.1) is 23.7 Å². The van der Waals surface area contributed by atoms with Crippen molar-refractivity contribution in [2.24, 2.45) is 0 Å². The minimum Gasteiger partial charge on any atom is -0.315 e. The lowest BCUT2D eigenvalue weighted by Crippen LogP contribution is -2.35. The molecule has 16 heavy (non-hydrogen) atoms. The number of thiophene rings is 1. The molecule has 0 saturated carbocycles. The third-order valence-corrected chi connectivity index (χ3v) is 5.38. The fourth-order valence-electron chi connectivity index (χ4n) is 1.59. The molecule has 1 aromatic heterocycles. The highest BCUT2D eigenvalue weighted by atomic mass is 35.5. The van der Waals surface area contributed by atoms with Crippen molar-refractivity contribution in [1.29, 1.82) is 0 Å². The van der Waals surface area contributed by atoms with Crippen molar-refractivity contribution in [3.8, 4) is 0 Å². The summed E-state index contributed by atoms with van der Waals surface area (Å²) in [7, 11) is -3.29. The van der Waals surface area contributed by atoms with Gasteiger partial charge in [-0.1, -0.05) is 0 Å². The van der Waals surface area contributed by atoms with Crippen LogP contribution < -0.4 is 10.0 Å². The maximum atomic E-state index is 11.9. The number of rotatable bonds is 3. The molecule has 7 heteroatoms. The first-order valence-electron chi connectivity index (χ1n) is 4.87. The number of aryl methyl sites for hydroxylation is 1. The quantitative estimate of drug-likeness (QED) is 0.873. The van der Waals surface area contributed by atoms with Crippen molar-refractivity contribution in [2.45, 2.75) is 23.6 Å². The lowest BCUT2D eigenvalue weighted by molar-refractivity contribution is 0.562. The first-order chi connectivity index (χ1) is 7.08. The molecule has 1 saturated heterocycles. The van der Waals surface area contributed by atoms with Gasteiger partial charge in [0.2, 0.25) is 10.0 Å². The molecule has 2 N–H and O–H groups in total. The van der Waals surface area contributed by atoms with Crippen LogP contribution in [-0.2, 0) is 10.0 Å². The second-order valence-corrected chi connectivity index (χ2v) is 6.90. The molecule has 0 spiro atoms. The second kappa shape index (κ2) is 5.46. The average molecular weight is 283 g/mol. The number of sulfonamides is 1. The Kier molecular flexibility index (Phi) is 4.75. The van der Waals surface area contributed by atoms with Crippen molar-refractivity contribution >= 4 is 33.8 Å². The smallest absolute Gasteiger partial charge is 0.250 e. The van der Waals surface area contributed by atoms with E-state index in [4.69, 9.17) is 0 Å². The van der Waals surface area contributed by atoms with Crippen molar-refractivity contribution in [1.82, 2.24) is 10.0 Å². The molecular formula is C9H15ClN2O2S2. The zero-order valence-electron chi connectivity index (χ0n) is 8.89. The molecule has 0 radical (unpaired) electrons. The first kappa shape index (κ1) is 13.9. The predicted octanol–water partition coefficient (Wildman–Crippen LogP) is 1.12. The standard InChI is InChI=1S/C9H14N2O2S2.ClH/c1-7-2-3-9(14-7)15(12,13)11-8-4-5-10-6-8;/h2-3,8,10-11H,4-6H2,1H3;1H. The molecule has 1 fully saturated rings. The fraction of sp³-hybridized carbons (Fsp3) is 0.556. The number of hydrogen-bond donors (Lipinski definition) is 2. The lowest BCUT2D eigenvalue weighted by Gasteiger charge is -2.10. The topological polar surface area (TPSA) is 58.2 Å². The van der Waals surface area contributed by atoms with E-state index in [2.05, 4.69) is 10.0 Å². The van der Waals surface area contributed by atoms with E-state index < -0.39 is 10.0 Å². The van der Waals surface area contributed by atoms with E-state index in [-0.39, 0.29) is 18.4 Å². The van der Waals surface area contributed by atoms with Crippen LogP contribution in [0, 0.1) is 6.92 Å².